The van der Waals surface area contributed by atoms with Gasteiger partial charge < -0.3 is 11.1 Å². The Labute approximate surface area is 151 Å². The molecule has 2 aromatic carbocycles. The molecule has 0 fully saturated rings. The molecule has 0 saturated carbocycles. The Morgan fingerprint density at radius 1 is 1.08 bits per heavy atom. The Hall–Kier alpha value is -3.05. The maximum atomic E-state index is 13.7. The van der Waals surface area contributed by atoms with E-state index in [9.17, 15) is 9.18 Å². The Balaban J connectivity index is 1.74. The van der Waals surface area contributed by atoms with Crippen molar-refractivity contribution in [3.05, 3.63) is 89.5 Å². The van der Waals surface area contributed by atoms with E-state index in [1.807, 2.05) is 30.3 Å². The number of carbonyl (C=O) groups is 1. The SMILES string of the molecule is NCc1cccc(-c2cccnc2C(=O)NCCc2ccccc2F)c1. The van der Waals surface area contributed by atoms with Crippen LogP contribution in [0, 0.1) is 5.82 Å². The number of amides is 1. The van der Waals surface area contributed by atoms with Crippen LogP contribution in [0.15, 0.2) is 66.9 Å². The van der Waals surface area contributed by atoms with Crippen molar-refractivity contribution in [3.8, 4) is 11.1 Å². The molecule has 1 heterocycles. The Morgan fingerprint density at radius 3 is 2.73 bits per heavy atom. The van der Waals surface area contributed by atoms with Gasteiger partial charge in [0.15, 0.2) is 0 Å². The number of rotatable bonds is 6. The van der Waals surface area contributed by atoms with Crippen molar-refractivity contribution in [2.24, 2.45) is 5.73 Å². The molecule has 0 bridgehead atoms. The number of nitrogens with two attached hydrogens (primary N) is 1. The number of hydrogen-bond acceptors (Lipinski definition) is 3. The predicted molar refractivity (Wildman–Crippen MR) is 100 cm³/mol. The zero-order chi connectivity index (χ0) is 18.4. The third-order valence-electron chi connectivity index (χ3n) is 4.13. The first kappa shape index (κ1) is 17.8. The number of aromatic nitrogens is 1. The van der Waals surface area contributed by atoms with Crippen molar-refractivity contribution in [3.63, 3.8) is 0 Å². The number of nitrogens with zero attached hydrogens (tertiary/aromatic N) is 1. The first-order valence-electron chi connectivity index (χ1n) is 8.45. The molecule has 0 aliphatic rings. The third-order valence-corrected chi connectivity index (χ3v) is 4.13. The molecule has 3 rings (SSSR count). The second-order valence-corrected chi connectivity index (χ2v) is 5.90. The van der Waals surface area contributed by atoms with Gasteiger partial charge in [-0.2, -0.15) is 0 Å². The molecule has 132 valence electrons. The summed E-state index contributed by atoms with van der Waals surface area (Å²) in [5, 5.41) is 2.82. The van der Waals surface area contributed by atoms with Gasteiger partial charge in [-0.05, 0) is 41.3 Å². The number of carbonyl (C=O) groups excluding carboxylic acids is 1. The quantitative estimate of drug-likeness (QED) is 0.717. The average Bonchev–Trinajstić information content (AvgIpc) is 2.69. The molecule has 5 heteroatoms. The summed E-state index contributed by atoms with van der Waals surface area (Å²) in [5.41, 5.74) is 9.23. The van der Waals surface area contributed by atoms with Gasteiger partial charge >= 0.3 is 0 Å². The largest absolute Gasteiger partial charge is 0.350 e. The number of pyridine rings is 1. The molecule has 0 saturated heterocycles. The molecule has 26 heavy (non-hydrogen) atoms. The minimum Gasteiger partial charge on any atom is -0.350 e. The highest BCUT2D eigenvalue weighted by atomic mass is 19.1. The van der Waals surface area contributed by atoms with Crippen LogP contribution >= 0.6 is 0 Å². The molecule has 0 aliphatic heterocycles. The van der Waals surface area contributed by atoms with Gasteiger partial charge in [0.25, 0.3) is 5.91 Å². The molecule has 1 amide bonds. The van der Waals surface area contributed by atoms with E-state index in [4.69, 9.17) is 5.73 Å². The summed E-state index contributed by atoms with van der Waals surface area (Å²) < 4.78 is 13.7. The highest BCUT2D eigenvalue weighted by Gasteiger charge is 2.14. The van der Waals surface area contributed by atoms with E-state index < -0.39 is 0 Å². The van der Waals surface area contributed by atoms with Crippen LogP contribution in [0.3, 0.4) is 0 Å². The molecule has 0 spiro atoms. The fourth-order valence-electron chi connectivity index (χ4n) is 2.78. The second kappa shape index (κ2) is 8.36. The maximum Gasteiger partial charge on any atom is 0.270 e. The zero-order valence-electron chi connectivity index (χ0n) is 14.3. The lowest BCUT2D eigenvalue weighted by Gasteiger charge is -2.10. The van der Waals surface area contributed by atoms with Crippen LogP contribution in [-0.4, -0.2) is 17.4 Å². The molecular weight excluding hydrogens is 329 g/mol. The summed E-state index contributed by atoms with van der Waals surface area (Å²) in [6, 6.07) is 17.9. The maximum absolute atomic E-state index is 13.7. The monoisotopic (exact) mass is 349 g/mol. The number of hydrogen-bond donors (Lipinski definition) is 2. The van der Waals surface area contributed by atoms with E-state index in [0.29, 0.717) is 30.8 Å². The fourth-order valence-corrected chi connectivity index (χ4v) is 2.78. The fraction of sp³-hybridized carbons (Fsp3) is 0.143. The van der Waals surface area contributed by atoms with Crippen molar-refractivity contribution in [1.82, 2.24) is 10.3 Å². The number of nitrogens with one attached hydrogen (secondary N) is 1. The standard InChI is InChI=1S/C21H20FN3O/c22-19-9-2-1-6-16(19)10-12-25-21(26)20-18(8-4-11-24-20)17-7-3-5-15(13-17)14-23/h1-9,11,13H,10,12,14,23H2,(H,25,26). The summed E-state index contributed by atoms with van der Waals surface area (Å²) >= 11 is 0. The number of benzene rings is 2. The van der Waals surface area contributed by atoms with Gasteiger partial charge in [-0.3, -0.25) is 9.78 Å². The van der Waals surface area contributed by atoms with Gasteiger partial charge in [0.1, 0.15) is 11.5 Å². The normalized spacial score (nSPS) is 10.5. The van der Waals surface area contributed by atoms with Crippen molar-refractivity contribution in [2.75, 3.05) is 6.54 Å². The van der Waals surface area contributed by atoms with E-state index in [2.05, 4.69) is 10.3 Å². The minimum absolute atomic E-state index is 0.265. The second-order valence-electron chi connectivity index (χ2n) is 5.90. The van der Waals surface area contributed by atoms with Crippen LogP contribution in [0.25, 0.3) is 11.1 Å². The van der Waals surface area contributed by atoms with Crippen LogP contribution in [0.2, 0.25) is 0 Å². The van der Waals surface area contributed by atoms with E-state index >= 15 is 0 Å². The van der Waals surface area contributed by atoms with Gasteiger partial charge in [-0.25, -0.2) is 4.39 Å². The highest BCUT2D eigenvalue weighted by Crippen LogP contribution is 2.23. The lowest BCUT2D eigenvalue weighted by molar-refractivity contribution is 0.0950. The van der Waals surface area contributed by atoms with Crippen molar-refractivity contribution < 1.29 is 9.18 Å². The van der Waals surface area contributed by atoms with Crippen LogP contribution in [0.4, 0.5) is 4.39 Å². The third kappa shape index (κ3) is 4.13. The van der Waals surface area contributed by atoms with Crippen molar-refractivity contribution >= 4 is 5.91 Å². The predicted octanol–water partition coefficient (Wildman–Crippen LogP) is 3.32. The first-order valence-corrected chi connectivity index (χ1v) is 8.45. The van der Waals surface area contributed by atoms with Crippen LogP contribution in [0.1, 0.15) is 21.6 Å². The summed E-state index contributed by atoms with van der Waals surface area (Å²) in [6.07, 6.45) is 2.01. The van der Waals surface area contributed by atoms with E-state index in [-0.39, 0.29) is 11.7 Å². The van der Waals surface area contributed by atoms with Gasteiger partial charge in [-0.1, -0.05) is 42.5 Å². The average molecular weight is 349 g/mol. The Kier molecular flexibility index (Phi) is 5.71. The summed E-state index contributed by atoms with van der Waals surface area (Å²) in [6.45, 7) is 0.761. The minimum atomic E-state index is -0.282. The Morgan fingerprint density at radius 2 is 1.92 bits per heavy atom. The van der Waals surface area contributed by atoms with Gasteiger partial charge in [-0.15, -0.1) is 0 Å². The van der Waals surface area contributed by atoms with Gasteiger partial charge in [0.05, 0.1) is 0 Å². The summed E-state index contributed by atoms with van der Waals surface area (Å²) in [7, 11) is 0. The lowest BCUT2D eigenvalue weighted by atomic mass is 10.0. The molecule has 0 atom stereocenters. The first-order chi connectivity index (χ1) is 12.7. The van der Waals surface area contributed by atoms with Crippen molar-refractivity contribution in [1.29, 1.82) is 0 Å². The van der Waals surface area contributed by atoms with Crippen LogP contribution in [0.5, 0.6) is 0 Å². The highest BCUT2D eigenvalue weighted by molar-refractivity contribution is 5.98. The zero-order valence-corrected chi connectivity index (χ0v) is 14.3. The van der Waals surface area contributed by atoms with Gasteiger partial charge in [0.2, 0.25) is 0 Å². The lowest BCUT2D eigenvalue weighted by Crippen LogP contribution is -2.27. The van der Waals surface area contributed by atoms with Crippen molar-refractivity contribution in [2.45, 2.75) is 13.0 Å². The molecule has 1 aromatic heterocycles. The Bertz CT molecular complexity index is 911. The van der Waals surface area contributed by atoms with E-state index in [0.717, 1.165) is 16.7 Å². The molecular formula is C21H20FN3O. The van der Waals surface area contributed by atoms with E-state index in [1.54, 1.807) is 30.5 Å². The molecule has 0 aliphatic carbocycles. The van der Waals surface area contributed by atoms with E-state index in [1.165, 1.54) is 6.07 Å². The van der Waals surface area contributed by atoms with Gasteiger partial charge in [0, 0.05) is 24.8 Å². The molecule has 3 aromatic rings. The molecule has 3 N–H and O–H groups in total. The smallest absolute Gasteiger partial charge is 0.270 e. The summed E-state index contributed by atoms with van der Waals surface area (Å²) in [4.78, 5) is 16.8. The molecule has 4 nitrogen and oxygen atoms in total. The van der Waals surface area contributed by atoms with Crippen LogP contribution in [-0.2, 0) is 13.0 Å². The topological polar surface area (TPSA) is 68.0 Å². The van der Waals surface area contributed by atoms with Crippen LogP contribution < -0.4 is 11.1 Å². The number of halogens is 1. The molecule has 0 radical (unpaired) electrons. The molecule has 0 unspecified atom stereocenters. The summed E-state index contributed by atoms with van der Waals surface area (Å²) in [5.74, 6) is -0.547.